The standard InChI is InChI=1S/C17H17ClF3NO/c18-15-8-4-11(10-14(15)17(19,20)21)5-9-16(23)22-12-2-1-3-13(22)7-6-12/h1-2,4,8,10,12-13H,3,5-7,9H2/t12-,13-/m0/s1. The summed E-state index contributed by atoms with van der Waals surface area (Å²) in [5, 5.41) is -0.313. The highest BCUT2D eigenvalue weighted by atomic mass is 35.5. The van der Waals surface area contributed by atoms with E-state index in [2.05, 4.69) is 12.2 Å². The number of fused-ring (bicyclic) bond motifs is 2. The first kappa shape index (κ1) is 16.4. The first-order chi connectivity index (χ1) is 10.9. The Labute approximate surface area is 137 Å². The van der Waals surface area contributed by atoms with Gasteiger partial charge in [0.15, 0.2) is 0 Å². The van der Waals surface area contributed by atoms with Crippen LogP contribution >= 0.6 is 11.6 Å². The van der Waals surface area contributed by atoms with E-state index in [4.69, 9.17) is 11.6 Å². The van der Waals surface area contributed by atoms with Crippen LogP contribution in [0.3, 0.4) is 0 Å². The van der Waals surface area contributed by atoms with Crippen molar-refractivity contribution in [2.45, 2.75) is 50.4 Å². The van der Waals surface area contributed by atoms with E-state index in [9.17, 15) is 18.0 Å². The molecule has 1 saturated heterocycles. The minimum atomic E-state index is -4.48. The molecule has 0 aromatic heterocycles. The molecule has 2 nitrogen and oxygen atoms in total. The summed E-state index contributed by atoms with van der Waals surface area (Å²) >= 11 is 5.61. The fourth-order valence-corrected chi connectivity index (χ4v) is 3.66. The third-order valence-corrected chi connectivity index (χ3v) is 4.89. The lowest BCUT2D eigenvalue weighted by Crippen LogP contribution is -2.42. The van der Waals surface area contributed by atoms with Crippen molar-refractivity contribution in [3.05, 3.63) is 46.5 Å². The summed E-state index contributed by atoms with van der Waals surface area (Å²) < 4.78 is 38.6. The zero-order valence-corrected chi connectivity index (χ0v) is 13.2. The van der Waals surface area contributed by atoms with Gasteiger partial charge in [-0.25, -0.2) is 0 Å². The number of hydrogen-bond donors (Lipinski definition) is 0. The lowest BCUT2D eigenvalue weighted by Gasteiger charge is -2.31. The van der Waals surface area contributed by atoms with Gasteiger partial charge in [-0.3, -0.25) is 4.79 Å². The van der Waals surface area contributed by atoms with Crippen molar-refractivity contribution in [2.24, 2.45) is 0 Å². The second-order valence-electron chi connectivity index (χ2n) is 6.08. The fourth-order valence-electron chi connectivity index (χ4n) is 3.44. The third kappa shape index (κ3) is 3.39. The summed E-state index contributed by atoms with van der Waals surface area (Å²) in [6.45, 7) is 0. The van der Waals surface area contributed by atoms with E-state index in [1.54, 1.807) is 6.07 Å². The van der Waals surface area contributed by atoms with E-state index in [1.807, 2.05) is 4.90 Å². The van der Waals surface area contributed by atoms with Crippen LogP contribution in [0.15, 0.2) is 30.4 Å². The zero-order valence-electron chi connectivity index (χ0n) is 12.4. The average molecular weight is 344 g/mol. The molecule has 1 aromatic carbocycles. The van der Waals surface area contributed by atoms with Crippen LogP contribution < -0.4 is 0 Å². The number of rotatable bonds is 3. The molecule has 1 fully saturated rings. The Kier molecular flexibility index (Phi) is 4.41. The van der Waals surface area contributed by atoms with Crippen molar-refractivity contribution >= 4 is 17.5 Å². The quantitative estimate of drug-likeness (QED) is 0.734. The predicted octanol–water partition coefficient (Wildman–Crippen LogP) is 4.61. The Morgan fingerprint density at radius 2 is 2.09 bits per heavy atom. The van der Waals surface area contributed by atoms with E-state index < -0.39 is 11.7 Å². The van der Waals surface area contributed by atoms with Gasteiger partial charge in [0.05, 0.1) is 16.6 Å². The van der Waals surface area contributed by atoms with Crippen molar-refractivity contribution in [3.63, 3.8) is 0 Å². The van der Waals surface area contributed by atoms with Crippen LogP contribution in [0.4, 0.5) is 13.2 Å². The molecule has 6 heteroatoms. The lowest BCUT2D eigenvalue weighted by atomic mass is 10.0. The minimum Gasteiger partial charge on any atom is -0.333 e. The van der Waals surface area contributed by atoms with E-state index in [1.165, 1.54) is 6.07 Å². The number of benzene rings is 1. The highest BCUT2D eigenvalue weighted by Gasteiger charge is 2.37. The molecule has 0 N–H and O–H groups in total. The maximum atomic E-state index is 12.9. The summed E-state index contributed by atoms with van der Waals surface area (Å²) in [6.07, 6.45) is 3.06. The van der Waals surface area contributed by atoms with Crippen LogP contribution in [-0.4, -0.2) is 22.9 Å². The SMILES string of the molecule is O=C(CCc1ccc(Cl)c(C(F)(F)F)c1)N1[C@H]2CC=C[C@H]1CC2. The number of hydrogen-bond acceptors (Lipinski definition) is 1. The molecule has 0 saturated carbocycles. The average Bonchev–Trinajstić information content (AvgIpc) is 2.74. The summed E-state index contributed by atoms with van der Waals surface area (Å²) in [5.41, 5.74) is -0.361. The first-order valence-electron chi connectivity index (χ1n) is 7.69. The van der Waals surface area contributed by atoms with Crippen LogP contribution in [0, 0.1) is 0 Å². The number of aryl methyl sites for hydroxylation is 1. The molecule has 2 aliphatic rings. The number of alkyl halides is 3. The molecular formula is C17H17ClF3NO. The molecule has 2 bridgehead atoms. The minimum absolute atomic E-state index is 0.0189. The van der Waals surface area contributed by atoms with Gasteiger partial charge < -0.3 is 4.90 Å². The van der Waals surface area contributed by atoms with E-state index in [0.717, 1.165) is 25.3 Å². The van der Waals surface area contributed by atoms with Crippen LogP contribution in [0.2, 0.25) is 5.02 Å². The monoisotopic (exact) mass is 343 g/mol. The van der Waals surface area contributed by atoms with Gasteiger partial charge in [-0.1, -0.05) is 29.8 Å². The predicted molar refractivity (Wildman–Crippen MR) is 82.2 cm³/mol. The zero-order chi connectivity index (χ0) is 16.6. The van der Waals surface area contributed by atoms with Crippen LogP contribution in [0.1, 0.15) is 36.8 Å². The van der Waals surface area contributed by atoms with E-state index >= 15 is 0 Å². The fraction of sp³-hybridized carbons (Fsp3) is 0.471. The molecule has 0 unspecified atom stereocenters. The number of amides is 1. The first-order valence-corrected chi connectivity index (χ1v) is 8.07. The highest BCUT2D eigenvalue weighted by molar-refractivity contribution is 6.31. The second kappa shape index (κ2) is 6.19. The molecule has 1 amide bonds. The Hall–Kier alpha value is -1.49. The number of halogens is 4. The molecule has 124 valence electrons. The molecule has 0 spiro atoms. The molecule has 2 aliphatic heterocycles. The van der Waals surface area contributed by atoms with Crippen molar-refractivity contribution in [3.8, 4) is 0 Å². The van der Waals surface area contributed by atoms with Crippen LogP contribution in [-0.2, 0) is 17.4 Å². The topological polar surface area (TPSA) is 20.3 Å². The molecule has 3 rings (SSSR count). The van der Waals surface area contributed by atoms with Crippen molar-refractivity contribution < 1.29 is 18.0 Å². The maximum absolute atomic E-state index is 12.9. The Bertz CT molecular complexity index is 641. The number of carbonyl (C=O) groups is 1. The molecule has 1 aromatic rings. The molecule has 2 heterocycles. The van der Waals surface area contributed by atoms with E-state index in [-0.39, 0.29) is 29.4 Å². The smallest absolute Gasteiger partial charge is 0.333 e. The summed E-state index contributed by atoms with van der Waals surface area (Å²) in [6, 6.07) is 4.26. The van der Waals surface area contributed by atoms with Gasteiger partial charge in [-0.15, -0.1) is 0 Å². The number of carbonyl (C=O) groups excluding carboxylic acids is 1. The van der Waals surface area contributed by atoms with Gasteiger partial charge in [0, 0.05) is 12.5 Å². The van der Waals surface area contributed by atoms with Gasteiger partial charge in [0.2, 0.25) is 5.91 Å². The normalized spacial score (nSPS) is 23.4. The Balaban J connectivity index is 1.67. The van der Waals surface area contributed by atoms with Crippen molar-refractivity contribution in [2.75, 3.05) is 0 Å². The molecule has 2 atom stereocenters. The van der Waals surface area contributed by atoms with Crippen LogP contribution in [0.5, 0.6) is 0 Å². The molecule has 23 heavy (non-hydrogen) atoms. The van der Waals surface area contributed by atoms with E-state index in [0.29, 0.717) is 12.0 Å². The molecular weight excluding hydrogens is 327 g/mol. The van der Waals surface area contributed by atoms with Gasteiger partial charge in [-0.2, -0.15) is 13.2 Å². The Morgan fingerprint density at radius 1 is 1.30 bits per heavy atom. The van der Waals surface area contributed by atoms with Gasteiger partial charge >= 0.3 is 6.18 Å². The van der Waals surface area contributed by atoms with Gasteiger partial charge in [-0.05, 0) is 43.4 Å². The summed E-state index contributed by atoms with van der Waals surface area (Å²) in [4.78, 5) is 14.3. The van der Waals surface area contributed by atoms with Crippen LogP contribution in [0.25, 0.3) is 0 Å². The van der Waals surface area contributed by atoms with Gasteiger partial charge in [0.25, 0.3) is 0 Å². The Morgan fingerprint density at radius 3 is 2.78 bits per heavy atom. The summed E-state index contributed by atoms with van der Waals surface area (Å²) in [7, 11) is 0. The number of nitrogens with zero attached hydrogens (tertiary/aromatic N) is 1. The summed E-state index contributed by atoms with van der Waals surface area (Å²) in [5.74, 6) is 0.0189. The second-order valence-corrected chi connectivity index (χ2v) is 6.48. The van der Waals surface area contributed by atoms with Crippen molar-refractivity contribution in [1.82, 2.24) is 4.90 Å². The highest BCUT2D eigenvalue weighted by Crippen LogP contribution is 2.36. The van der Waals surface area contributed by atoms with Crippen molar-refractivity contribution in [1.29, 1.82) is 0 Å². The molecule has 0 radical (unpaired) electrons. The van der Waals surface area contributed by atoms with Gasteiger partial charge in [0.1, 0.15) is 0 Å². The largest absolute Gasteiger partial charge is 0.417 e. The lowest BCUT2D eigenvalue weighted by molar-refractivity contribution is -0.137. The molecule has 0 aliphatic carbocycles. The third-order valence-electron chi connectivity index (χ3n) is 4.56. The maximum Gasteiger partial charge on any atom is 0.417 e.